The summed E-state index contributed by atoms with van der Waals surface area (Å²) in [4.78, 5) is 11.4. The normalized spacial score (nSPS) is 19.1. The Hall–Kier alpha value is -0.570. The molecule has 82 valence electrons. The lowest BCUT2D eigenvalue weighted by Gasteiger charge is -2.25. The highest BCUT2D eigenvalue weighted by atomic mass is 16.1. The summed E-state index contributed by atoms with van der Waals surface area (Å²) in [6, 6.07) is -0.00334. The lowest BCUT2D eigenvalue weighted by Crippen LogP contribution is -2.37. The van der Waals surface area contributed by atoms with Crippen LogP contribution in [0.1, 0.15) is 39.5 Å². The predicted octanol–water partition coefficient (Wildman–Crippen LogP) is 1.28. The van der Waals surface area contributed by atoms with Gasteiger partial charge in [0.15, 0.2) is 0 Å². The van der Waals surface area contributed by atoms with Crippen LogP contribution in [0.25, 0.3) is 0 Å². The summed E-state index contributed by atoms with van der Waals surface area (Å²) in [7, 11) is 0. The van der Waals surface area contributed by atoms with E-state index >= 15 is 0 Å². The minimum atomic E-state index is -0.00334. The van der Waals surface area contributed by atoms with Crippen LogP contribution in [0.15, 0.2) is 0 Å². The van der Waals surface area contributed by atoms with Crippen LogP contribution in [-0.2, 0) is 4.79 Å². The number of amides is 1. The molecule has 14 heavy (non-hydrogen) atoms. The van der Waals surface area contributed by atoms with E-state index in [9.17, 15) is 4.79 Å². The van der Waals surface area contributed by atoms with E-state index in [1.165, 1.54) is 19.3 Å². The molecule has 0 aromatic heterocycles. The standard InChI is InChI=1S/C11H22N2O/c1-8(2)10(12)6-11(14)13-7-9-4-3-5-9/h8-10H,3-7,12H2,1-2H3,(H,13,14). The first-order valence-corrected chi connectivity index (χ1v) is 5.62. The zero-order valence-electron chi connectivity index (χ0n) is 9.25. The number of nitrogens with two attached hydrogens (primary N) is 1. The number of rotatable bonds is 5. The first-order chi connectivity index (χ1) is 6.59. The summed E-state index contributed by atoms with van der Waals surface area (Å²) >= 11 is 0. The third-order valence-corrected chi connectivity index (χ3v) is 3.09. The molecule has 0 aliphatic heterocycles. The highest BCUT2D eigenvalue weighted by molar-refractivity contribution is 5.76. The molecular formula is C11H22N2O. The number of carbonyl (C=O) groups excluding carboxylic acids is 1. The summed E-state index contributed by atoms with van der Waals surface area (Å²) in [5.41, 5.74) is 5.81. The molecule has 0 bridgehead atoms. The maximum atomic E-state index is 11.4. The molecular weight excluding hydrogens is 176 g/mol. The van der Waals surface area contributed by atoms with E-state index in [4.69, 9.17) is 5.73 Å². The predicted molar refractivity (Wildman–Crippen MR) is 57.8 cm³/mol. The Morgan fingerprint density at radius 3 is 2.57 bits per heavy atom. The van der Waals surface area contributed by atoms with Crippen molar-refractivity contribution in [2.24, 2.45) is 17.6 Å². The van der Waals surface area contributed by atoms with Crippen molar-refractivity contribution in [1.29, 1.82) is 0 Å². The Morgan fingerprint density at radius 1 is 1.50 bits per heavy atom. The smallest absolute Gasteiger partial charge is 0.221 e. The summed E-state index contributed by atoms with van der Waals surface area (Å²) < 4.78 is 0. The fraction of sp³-hybridized carbons (Fsp3) is 0.909. The minimum Gasteiger partial charge on any atom is -0.356 e. The monoisotopic (exact) mass is 198 g/mol. The van der Waals surface area contributed by atoms with Crippen LogP contribution < -0.4 is 11.1 Å². The van der Waals surface area contributed by atoms with Crippen LogP contribution in [0, 0.1) is 11.8 Å². The second kappa shape index (κ2) is 5.35. The second-order valence-corrected chi connectivity index (χ2v) is 4.71. The Labute approximate surface area is 86.4 Å². The lowest BCUT2D eigenvalue weighted by atomic mass is 9.85. The van der Waals surface area contributed by atoms with E-state index in [2.05, 4.69) is 5.32 Å². The van der Waals surface area contributed by atoms with Crippen LogP contribution in [0.5, 0.6) is 0 Å². The average Bonchev–Trinajstić information content (AvgIpc) is 2.00. The molecule has 1 amide bonds. The molecule has 1 atom stereocenters. The van der Waals surface area contributed by atoms with Crippen molar-refractivity contribution in [1.82, 2.24) is 5.32 Å². The molecule has 0 spiro atoms. The maximum Gasteiger partial charge on any atom is 0.221 e. The molecule has 1 saturated carbocycles. The molecule has 1 fully saturated rings. The van der Waals surface area contributed by atoms with Crippen LogP contribution in [0.4, 0.5) is 0 Å². The Balaban J connectivity index is 2.08. The highest BCUT2D eigenvalue weighted by Crippen LogP contribution is 2.25. The SMILES string of the molecule is CC(C)C(N)CC(=O)NCC1CCC1. The van der Waals surface area contributed by atoms with Gasteiger partial charge in [0.1, 0.15) is 0 Å². The van der Waals surface area contributed by atoms with E-state index in [0.717, 1.165) is 12.5 Å². The molecule has 1 aliphatic rings. The Kier molecular flexibility index (Phi) is 4.39. The molecule has 3 N–H and O–H groups in total. The molecule has 1 rings (SSSR count). The van der Waals surface area contributed by atoms with Gasteiger partial charge in [-0.3, -0.25) is 4.79 Å². The van der Waals surface area contributed by atoms with Gasteiger partial charge in [-0.1, -0.05) is 20.3 Å². The Bertz CT molecular complexity index is 188. The molecule has 3 nitrogen and oxygen atoms in total. The second-order valence-electron chi connectivity index (χ2n) is 4.71. The van der Waals surface area contributed by atoms with Crippen molar-refractivity contribution in [3.8, 4) is 0 Å². The van der Waals surface area contributed by atoms with Gasteiger partial charge < -0.3 is 11.1 Å². The zero-order valence-corrected chi connectivity index (χ0v) is 9.25. The van der Waals surface area contributed by atoms with Crippen LogP contribution >= 0.6 is 0 Å². The van der Waals surface area contributed by atoms with E-state index < -0.39 is 0 Å². The van der Waals surface area contributed by atoms with Gasteiger partial charge in [0.25, 0.3) is 0 Å². The van der Waals surface area contributed by atoms with Gasteiger partial charge in [-0.25, -0.2) is 0 Å². The number of carbonyl (C=O) groups is 1. The van der Waals surface area contributed by atoms with Gasteiger partial charge in [0.05, 0.1) is 0 Å². The summed E-state index contributed by atoms with van der Waals surface area (Å²) in [6.07, 6.45) is 4.34. The van der Waals surface area contributed by atoms with E-state index in [1.807, 2.05) is 13.8 Å². The summed E-state index contributed by atoms with van der Waals surface area (Å²) in [5, 5.41) is 2.95. The van der Waals surface area contributed by atoms with Gasteiger partial charge in [0.2, 0.25) is 5.91 Å². The summed E-state index contributed by atoms with van der Waals surface area (Å²) in [6.45, 7) is 4.94. The lowest BCUT2D eigenvalue weighted by molar-refractivity contribution is -0.121. The highest BCUT2D eigenvalue weighted by Gasteiger charge is 2.19. The quantitative estimate of drug-likeness (QED) is 0.699. The van der Waals surface area contributed by atoms with Crippen LogP contribution in [0.2, 0.25) is 0 Å². The van der Waals surface area contributed by atoms with Gasteiger partial charge >= 0.3 is 0 Å². The molecule has 3 heteroatoms. The number of hydrogen-bond donors (Lipinski definition) is 2. The van der Waals surface area contributed by atoms with E-state index in [-0.39, 0.29) is 11.9 Å². The molecule has 1 unspecified atom stereocenters. The minimum absolute atomic E-state index is 0.00334. The van der Waals surface area contributed by atoms with E-state index in [0.29, 0.717) is 12.3 Å². The number of hydrogen-bond acceptors (Lipinski definition) is 2. The largest absolute Gasteiger partial charge is 0.356 e. The van der Waals surface area contributed by atoms with E-state index in [1.54, 1.807) is 0 Å². The molecule has 0 aromatic rings. The van der Waals surface area contributed by atoms with Gasteiger partial charge in [0, 0.05) is 19.0 Å². The third-order valence-electron chi connectivity index (χ3n) is 3.09. The molecule has 0 radical (unpaired) electrons. The fourth-order valence-corrected chi connectivity index (χ4v) is 1.48. The molecule has 1 aliphatic carbocycles. The first kappa shape index (κ1) is 11.5. The zero-order chi connectivity index (χ0) is 10.6. The molecule has 0 heterocycles. The third kappa shape index (κ3) is 3.66. The van der Waals surface area contributed by atoms with Crippen LogP contribution in [0.3, 0.4) is 0 Å². The van der Waals surface area contributed by atoms with Crippen molar-refractivity contribution in [3.63, 3.8) is 0 Å². The maximum absolute atomic E-state index is 11.4. The van der Waals surface area contributed by atoms with Gasteiger partial charge in [-0.05, 0) is 24.7 Å². The fourth-order valence-electron chi connectivity index (χ4n) is 1.48. The Morgan fingerprint density at radius 2 is 2.14 bits per heavy atom. The van der Waals surface area contributed by atoms with Gasteiger partial charge in [-0.2, -0.15) is 0 Å². The van der Waals surface area contributed by atoms with Crippen molar-refractivity contribution < 1.29 is 4.79 Å². The average molecular weight is 198 g/mol. The molecule has 0 saturated heterocycles. The number of nitrogens with one attached hydrogen (secondary N) is 1. The van der Waals surface area contributed by atoms with Crippen molar-refractivity contribution in [2.75, 3.05) is 6.54 Å². The topological polar surface area (TPSA) is 55.1 Å². The van der Waals surface area contributed by atoms with Crippen LogP contribution in [-0.4, -0.2) is 18.5 Å². The first-order valence-electron chi connectivity index (χ1n) is 5.62. The van der Waals surface area contributed by atoms with Crippen molar-refractivity contribution in [2.45, 2.75) is 45.6 Å². The summed E-state index contributed by atoms with van der Waals surface area (Å²) in [5.74, 6) is 1.22. The molecule has 0 aromatic carbocycles. The van der Waals surface area contributed by atoms with Crippen molar-refractivity contribution >= 4 is 5.91 Å². The van der Waals surface area contributed by atoms with Gasteiger partial charge in [-0.15, -0.1) is 0 Å². The van der Waals surface area contributed by atoms with Crippen molar-refractivity contribution in [3.05, 3.63) is 0 Å².